The molecule has 2 aromatic heterocycles. The van der Waals surface area contributed by atoms with Crippen LogP contribution >= 0.6 is 7.75 Å². The maximum Gasteiger partial charge on any atom is 0.433 e. The summed E-state index contributed by atoms with van der Waals surface area (Å²) >= 11 is 0. The van der Waals surface area contributed by atoms with Crippen molar-refractivity contribution in [3.05, 3.63) is 12.7 Å². The Balaban J connectivity index is 1.53. The fraction of sp³-hybridized carbons (Fsp3) is 0.688. The smallest absolute Gasteiger partial charge is 0.394 e. The first kappa shape index (κ1) is 25.2. The van der Waals surface area contributed by atoms with E-state index in [-0.39, 0.29) is 17.0 Å². The summed E-state index contributed by atoms with van der Waals surface area (Å²) in [6, 6.07) is 0. The van der Waals surface area contributed by atoms with Gasteiger partial charge in [0.05, 0.1) is 19.5 Å². The van der Waals surface area contributed by atoms with E-state index < -0.39 is 76.2 Å². The van der Waals surface area contributed by atoms with Crippen LogP contribution in [-0.2, 0) is 18.6 Å². The molecule has 4 rings (SSSR count). The molecule has 2 aliphatic heterocycles. The Morgan fingerprint density at radius 1 is 1.09 bits per heavy atom. The van der Waals surface area contributed by atoms with E-state index in [0.717, 1.165) is 6.33 Å². The number of aromatic nitrogens is 4. The molecule has 0 radical (unpaired) electrons. The zero-order chi connectivity index (χ0) is 24.8. The lowest BCUT2D eigenvalue weighted by Crippen LogP contribution is -2.40. The summed E-state index contributed by atoms with van der Waals surface area (Å²) in [7, 11) is -4.83. The van der Waals surface area contributed by atoms with Gasteiger partial charge in [-0.15, -0.1) is 0 Å². The largest absolute Gasteiger partial charge is 0.433 e. The van der Waals surface area contributed by atoms with Crippen molar-refractivity contribution in [2.45, 2.75) is 55.2 Å². The fourth-order valence-corrected chi connectivity index (χ4v) is 4.65. The van der Waals surface area contributed by atoms with E-state index in [2.05, 4.69) is 20.0 Å². The van der Waals surface area contributed by atoms with E-state index in [1.807, 2.05) is 0 Å². The van der Waals surface area contributed by atoms with Crippen molar-refractivity contribution in [1.29, 1.82) is 0 Å². The van der Waals surface area contributed by atoms with Gasteiger partial charge in [-0.1, -0.05) is 0 Å². The Bertz CT molecular complexity index is 1060. The Hall–Kier alpha value is -1.86. The summed E-state index contributed by atoms with van der Waals surface area (Å²) in [6.45, 7) is -1.35. The zero-order valence-corrected chi connectivity index (χ0v) is 18.1. The lowest BCUT2D eigenvalue weighted by Gasteiger charge is -2.20. The zero-order valence-electron chi connectivity index (χ0n) is 17.2. The van der Waals surface area contributed by atoms with Crippen LogP contribution in [0.15, 0.2) is 12.7 Å². The van der Waals surface area contributed by atoms with Crippen LogP contribution in [0.2, 0.25) is 0 Å². The van der Waals surface area contributed by atoms with Crippen molar-refractivity contribution >= 4 is 24.7 Å². The third-order valence-electron chi connectivity index (χ3n) is 5.47. The van der Waals surface area contributed by atoms with Crippen molar-refractivity contribution in [2.24, 2.45) is 0 Å². The second-order valence-corrected chi connectivity index (χ2v) is 9.19. The van der Waals surface area contributed by atoms with Gasteiger partial charge in [-0.2, -0.15) is 0 Å². The first-order valence-electron chi connectivity index (χ1n) is 9.98. The number of nitrogens with one attached hydrogen (secondary N) is 1. The fourth-order valence-electron chi connectivity index (χ4n) is 3.71. The van der Waals surface area contributed by atoms with Gasteiger partial charge < -0.3 is 50.1 Å². The number of rotatable bonds is 8. The van der Waals surface area contributed by atoms with Crippen LogP contribution in [0, 0.1) is 0 Å². The van der Waals surface area contributed by atoms with Crippen LogP contribution in [0.25, 0.3) is 11.2 Å². The van der Waals surface area contributed by atoms with E-state index >= 15 is 0 Å². The van der Waals surface area contributed by atoms with Crippen LogP contribution < -0.4 is 5.09 Å². The second kappa shape index (κ2) is 9.65. The lowest BCUT2D eigenvalue weighted by atomic mass is 10.1. The number of hydrogen-bond donors (Lipinski definition) is 9. The molecule has 2 saturated heterocycles. The van der Waals surface area contributed by atoms with Crippen LogP contribution in [0.3, 0.4) is 0 Å². The van der Waals surface area contributed by atoms with Gasteiger partial charge in [-0.05, 0) is 0 Å². The molecule has 10 atom stereocenters. The number of fused-ring (bicyclic) bond motifs is 1. The van der Waals surface area contributed by atoms with E-state index in [4.69, 9.17) is 19.1 Å². The van der Waals surface area contributed by atoms with Gasteiger partial charge in [0.25, 0.3) is 0 Å². The minimum atomic E-state index is -4.83. The molecule has 2 aromatic rings. The molecule has 0 aromatic carbocycles. The third-order valence-corrected chi connectivity index (χ3v) is 6.45. The lowest BCUT2D eigenvalue weighted by molar-refractivity contribution is -0.139. The monoisotopic (exact) mass is 509 g/mol. The molecule has 2 aliphatic rings. The van der Waals surface area contributed by atoms with Crippen molar-refractivity contribution in [2.75, 3.05) is 18.3 Å². The molecule has 0 amide bonds. The molecule has 4 heterocycles. The van der Waals surface area contributed by atoms with Gasteiger partial charge in [0, 0.05) is 0 Å². The van der Waals surface area contributed by atoms with Crippen LogP contribution in [-0.4, -0.2) is 122 Å². The van der Waals surface area contributed by atoms with Gasteiger partial charge in [-0.25, -0.2) is 19.5 Å². The van der Waals surface area contributed by atoms with Gasteiger partial charge in [0.2, 0.25) is 0 Å². The number of imidazole rings is 1. The highest BCUT2D eigenvalue weighted by atomic mass is 31.2. The average Bonchev–Trinajstić information content (AvgIpc) is 3.44. The maximum absolute atomic E-state index is 12.6. The topological polar surface area (TPSA) is 262 Å². The van der Waals surface area contributed by atoms with Crippen LogP contribution in [0.5, 0.6) is 0 Å². The molecule has 0 bridgehead atoms. The van der Waals surface area contributed by atoms with Crippen LogP contribution in [0.4, 0.5) is 5.82 Å². The van der Waals surface area contributed by atoms with E-state index in [1.165, 1.54) is 10.9 Å². The van der Waals surface area contributed by atoms with E-state index in [9.17, 15) is 40.1 Å². The number of hydrogen-bond acceptors (Lipinski definition) is 14. The van der Waals surface area contributed by atoms with Crippen molar-refractivity contribution in [3.8, 4) is 0 Å². The molecular formula is C16H24N5O12P. The molecule has 34 heavy (non-hydrogen) atoms. The first-order chi connectivity index (χ1) is 16.1. The number of aliphatic hydroxyl groups excluding tert-OH is 7. The SMILES string of the molecule is O=P(O)(Nc1ncnc2c1ncn2[C@@H]1O[C@H](CO)[C@@H](O)[C@H]1O)O[C@@H]1O[C@H]([C@H](O)CO)[C@H](O)[C@H]1O. The highest BCUT2D eigenvalue weighted by molar-refractivity contribution is 7.54. The first-order valence-corrected chi connectivity index (χ1v) is 11.6. The molecule has 17 nitrogen and oxygen atoms in total. The summed E-state index contributed by atoms with van der Waals surface area (Å²) in [4.78, 5) is 22.1. The summed E-state index contributed by atoms with van der Waals surface area (Å²) in [5.74, 6) is -0.290. The molecule has 9 N–H and O–H groups in total. The predicted octanol–water partition coefficient (Wildman–Crippen LogP) is -4.23. The minimum Gasteiger partial charge on any atom is -0.394 e. The molecule has 1 unspecified atom stereocenters. The number of ether oxygens (including phenoxy) is 2. The molecular weight excluding hydrogens is 485 g/mol. The predicted molar refractivity (Wildman–Crippen MR) is 107 cm³/mol. The van der Waals surface area contributed by atoms with Crippen molar-refractivity contribution < 1.29 is 59.2 Å². The summed E-state index contributed by atoms with van der Waals surface area (Å²) in [5, 5.41) is 70.2. The molecule has 2 fully saturated rings. The number of nitrogens with zero attached hydrogens (tertiary/aromatic N) is 4. The molecule has 190 valence electrons. The Morgan fingerprint density at radius 2 is 1.82 bits per heavy atom. The maximum atomic E-state index is 12.6. The second-order valence-electron chi connectivity index (χ2n) is 7.71. The summed E-state index contributed by atoms with van der Waals surface area (Å²) < 4.78 is 29.3. The third kappa shape index (κ3) is 4.53. The summed E-state index contributed by atoms with van der Waals surface area (Å²) in [5.41, 5.74) is -0.0225. The average molecular weight is 509 g/mol. The highest BCUT2D eigenvalue weighted by Gasteiger charge is 2.49. The van der Waals surface area contributed by atoms with Crippen LogP contribution in [0.1, 0.15) is 6.23 Å². The van der Waals surface area contributed by atoms with Crippen molar-refractivity contribution in [1.82, 2.24) is 19.5 Å². The standard InChI is InChI=1S/C16H24N5O12P/c22-1-5(24)12-9(26)11(28)16(32-12)33-34(29,30)20-13-7-14(18-3-17-13)21(4-19-7)15-10(27)8(25)6(2-23)31-15/h3-6,8-12,15-16,22-28H,1-2H2,(H2,17,18,20,29,30)/t5-,6-,8-,9-,10-,11-,12-,15-,16+/m1/s1. The molecule has 18 heteroatoms. The summed E-state index contributed by atoms with van der Waals surface area (Å²) in [6.07, 6.45) is -11.2. The Kier molecular flexibility index (Phi) is 7.16. The van der Waals surface area contributed by atoms with E-state index in [1.54, 1.807) is 0 Å². The van der Waals surface area contributed by atoms with E-state index in [0.29, 0.717) is 0 Å². The minimum absolute atomic E-state index is 0.0334. The molecule has 0 spiro atoms. The van der Waals surface area contributed by atoms with Crippen molar-refractivity contribution in [3.63, 3.8) is 0 Å². The van der Waals surface area contributed by atoms with Gasteiger partial charge in [0.1, 0.15) is 49.1 Å². The number of anilines is 1. The molecule has 0 saturated carbocycles. The quantitative estimate of drug-likeness (QED) is 0.153. The van der Waals surface area contributed by atoms with Gasteiger partial charge >= 0.3 is 7.75 Å². The number of aliphatic hydroxyl groups is 7. The highest BCUT2D eigenvalue weighted by Crippen LogP contribution is 2.46. The molecule has 0 aliphatic carbocycles. The normalized spacial score (nSPS) is 36.6. The van der Waals surface area contributed by atoms with Gasteiger partial charge in [0.15, 0.2) is 29.5 Å². The Morgan fingerprint density at radius 3 is 2.47 bits per heavy atom. The van der Waals surface area contributed by atoms with Gasteiger partial charge in [-0.3, -0.25) is 14.2 Å². The Labute approximate surface area is 190 Å².